The minimum atomic E-state index is 0.0587. The molecule has 0 saturated carbocycles. The van der Waals surface area contributed by atoms with Crippen LogP contribution >= 0.6 is 0 Å². The van der Waals surface area contributed by atoms with Crippen molar-refractivity contribution < 1.29 is 14.3 Å². The molecule has 2 aliphatic heterocycles. The third-order valence-electron chi connectivity index (χ3n) is 6.35. The van der Waals surface area contributed by atoms with Crippen LogP contribution in [0.3, 0.4) is 0 Å². The molecule has 1 aromatic rings. The first-order valence-electron chi connectivity index (χ1n) is 10.9. The number of rotatable bonds is 5. The van der Waals surface area contributed by atoms with Crippen molar-refractivity contribution >= 4 is 5.91 Å². The SMILES string of the molecule is COc1cc(OC2CCNCC2)ccc1C(=O)N1CCC(C2C=CCC=C2)CC1. The van der Waals surface area contributed by atoms with Crippen molar-refractivity contribution in [2.75, 3.05) is 33.3 Å². The van der Waals surface area contributed by atoms with E-state index in [1.165, 1.54) is 0 Å². The second-order valence-electron chi connectivity index (χ2n) is 8.23. The Balaban J connectivity index is 1.38. The Hall–Kier alpha value is -2.27. The Labute approximate surface area is 173 Å². The molecule has 156 valence electrons. The number of hydrogen-bond acceptors (Lipinski definition) is 4. The molecular formula is C24H32N2O3. The molecule has 5 nitrogen and oxygen atoms in total. The molecule has 4 rings (SSSR count). The number of carbonyl (C=O) groups excluding carboxylic acids is 1. The van der Waals surface area contributed by atoms with Gasteiger partial charge in [-0.05, 0) is 69.2 Å². The first kappa shape index (κ1) is 20.0. The molecule has 0 aromatic heterocycles. The minimum Gasteiger partial charge on any atom is -0.496 e. The molecule has 1 aromatic carbocycles. The van der Waals surface area contributed by atoms with Crippen LogP contribution in [0.5, 0.6) is 11.5 Å². The maximum absolute atomic E-state index is 13.1. The van der Waals surface area contributed by atoms with Gasteiger partial charge >= 0.3 is 0 Å². The molecule has 0 radical (unpaired) electrons. The second-order valence-corrected chi connectivity index (χ2v) is 8.23. The van der Waals surface area contributed by atoms with Crippen molar-refractivity contribution in [2.24, 2.45) is 11.8 Å². The highest BCUT2D eigenvalue weighted by Gasteiger charge is 2.28. The van der Waals surface area contributed by atoms with Crippen LogP contribution in [0.25, 0.3) is 0 Å². The fourth-order valence-corrected chi connectivity index (χ4v) is 4.61. The van der Waals surface area contributed by atoms with Gasteiger partial charge in [0.2, 0.25) is 0 Å². The molecule has 2 saturated heterocycles. The number of amides is 1. The van der Waals surface area contributed by atoms with E-state index in [-0.39, 0.29) is 12.0 Å². The first-order valence-corrected chi connectivity index (χ1v) is 10.9. The number of allylic oxidation sites excluding steroid dienone is 4. The summed E-state index contributed by atoms with van der Waals surface area (Å²) in [5.41, 5.74) is 0.626. The molecule has 29 heavy (non-hydrogen) atoms. The molecule has 2 fully saturated rings. The number of ether oxygens (including phenoxy) is 2. The highest BCUT2D eigenvalue weighted by atomic mass is 16.5. The summed E-state index contributed by atoms with van der Waals surface area (Å²) >= 11 is 0. The van der Waals surface area contributed by atoms with Crippen molar-refractivity contribution in [3.8, 4) is 11.5 Å². The Morgan fingerprint density at radius 2 is 1.79 bits per heavy atom. The van der Waals surface area contributed by atoms with Gasteiger partial charge in [-0.25, -0.2) is 0 Å². The van der Waals surface area contributed by atoms with E-state index < -0.39 is 0 Å². The van der Waals surface area contributed by atoms with Gasteiger partial charge in [0.05, 0.1) is 12.7 Å². The third kappa shape index (κ3) is 4.84. The van der Waals surface area contributed by atoms with E-state index in [4.69, 9.17) is 9.47 Å². The predicted molar refractivity (Wildman–Crippen MR) is 115 cm³/mol. The van der Waals surface area contributed by atoms with E-state index >= 15 is 0 Å². The van der Waals surface area contributed by atoms with Crippen molar-refractivity contribution in [1.82, 2.24) is 10.2 Å². The number of nitrogens with one attached hydrogen (secondary N) is 1. The molecule has 0 bridgehead atoms. The monoisotopic (exact) mass is 396 g/mol. The van der Waals surface area contributed by atoms with Crippen LogP contribution in [0.4, 0.5) is 0 Å². The molecule has 1 aliphatic carbocycles. The summed E-state index contributed by atoms with van der Waals surface area (Å²) in [4.78, 5) is 15.1. The lowest BCUT2D eigenvalue weighted by atomic mass is 9.82. The second kappa shape index (κ2) is 9.49. The highest BCUT2D eigenvalue weighted by Crippen LogP contribution is 2.32. The molecule has 1 N–H and O–H groups in total. The Morgan fingerprint density at radius 1 is 1.07 bits per heavy atom. The van der Waals surface area contributed by atoms with E-state index in [0.717, 1.165) is 64.0 Å². The zero-order valence-electron chi connectivity index (χ0n) is 17.3. The topological polar surface area (TPSA) is 50.8 Å². The Morgan fingerprint density at radius 3 is 2.48 bits per heavy atom. The minimum absolute atomic E-state index is 0.0587. The molecule has 0 spiro atoms. The van der Waals surface area contributed by atoms with Crippen molar-refractivity contribution in [2.45, 2.75) is 38.2 Å². The van der Waals surface area contributed by atoms with Gasteiger partial charge in [-0.1, -0.05) is 24.3 Å². The molecule has 1 amide bonds. The van der Waals surface area contributed by atoms with Gasteiger partial charge in [0, 0.05) is 19.2 Å². The number of nitrogens with zero attached hydrogens (tertiary/aromatic N) is 1. The summed E-state index contributed by atoms with van der Waals surface area (Å²) in [5, 5.41) is 3.35. The lowest BCUT2D eigenvalue weighted by Gasteiger charge is -2.35. The van der Waals surface area contributed by atoms with E-state index in [0.29, 0.717) is 23.1 Å². The van der Waals surface area contributed by atoms with Crippen molar-refractivity contribution in [3.05, 3.63) is 48.1 Å². The van der Waals surface area contributed by atoms with Crippen LogP contribution in [0.2, 0.25) is 0 Å². The van der Waals surface area contributed by atoms with E-state index in [9.17, 15) is 4.79 Å². The smallest absolute Gasteiger partial charge is 0.257 e. The lowest BCUT2D eigenvalue weighted by Crippen LogP contribution is -2.40. The maximum Gasteiger partial charge on any atom is 0.257 e. The zero-order valence-corrected chi connectivity index (χ0v) is 17.3. The number of carbonyl (C=O) groups is 1. The number of benzene rings is 1. The van der Waals surface area contributed by atoms with Crippen LogP contribution in [0, 0.1) is 11.8 Å². The van der Waals surface area contributed by atoms with E-state index in [1.807, 2.05) is 23.1 Å². The van der Waals surface area contributed by atoms with Gasteiger partial charge in [-0.2, -0.15) is 0 Å². The van der Waals surface area contributed by atoms with Gasteiger partial charge in [-0.15, -0.1) is 0 Å². The van der Waals surface area contributed by atoms with Gasteiger partial charge in [0.15, 0.2) is 0 Å². The summed E-state index contributed by atoms with van der Waals surface area (Å²) in [7, 11) is 1.62. The van der Waals surface area contributed by atoms with Gasteiger partial charge < -0.3 is 19.7 Å². The summed E-state index contributed by atoms with van der Waals surface area (Å²) < 4.78 is 11.6. The normalized spacial score (nSPS) is 21.3. The number of likely N-dealkylation sites (tertiary alicyclic amines) is 1. The van der Waals surface area contributed by atoms with Gasteiger partial charge in [-0.3, -0.25) is 4.79 Å². The van der Waals surface area contributed by atoms with Gasteiger partial charge in [0.25, 0.3) is 5.91 Å². The fourth-order valence-electron chi connectivity index (χ4n) is 4.61. The standard InChI is InChI=1S/C24H32N2O3/c1-28-23-17-21(29-20-9-13-25-14-10-20)7-8-22(23)24(27)26-15-11-19(12-16-26)18-5-3-2-4-6-18/h3-8,17-20,25H,2,9-16H2,1H3. The van der Waals surface area contributed by atoms with Crippen LogP contribution in [-0.2, 0) is 0 Å². The predicted octanol–water partition coefficient (Wildman–Crippen LogP) is 3.81. The average Bonchev–Trinajstić information content (AvgIpc) is 2.80. The van der Waals surface area contributed by atoms with Crippen molar-refractivity contribution in [1.29, 1.82) is 0 Å². The van der Waals surface area contributed by atoms with Gasteiger partial charge in [0.1, 0.15) is 17.6 Å². The Bertz CT molecular complexity index is 747. The molecule has 0 unspecified atom stereocenters. The quantitative estimate of drug-likeness (QED) is 0.769. The van der Waals surface area contributed by atoms with Crippen LogP contribution in [0.15, 0.2) is 42.5 Å². The molecule has 5 heteroatoms. The lowest BCUT2D eigenvalue weighted by molar-refractivity contribution is 0.0676. The number of hydrogen-bond donors (Lipinski definition) is 1. The third-order valence-corrected chi connectivity index (χ3v) is 6.35. The van der Waals surface area contributed by atoms with Crippen LogP contribution < -0.4 is 14.8 Å². The largest absolute Gasteiger partial charge is 0.496 e. The molecular weight excluding hydrogens is 364 g/mol. The van der Waals surface area contributed by atoms with Crippen LogP contribution in [0.1, 0.15) is 42.5 Å². The number of piperidine rings is 2. The van der Waals surface area contributed by atoms with Crippen molar-refractivity contribution in [3.63, 3.8) is 0 Å². The first-order chi connectivity index (χ1) is 14.2. The maximum atomic E-state index is 13.1. The summed E-state index contributed by atoms with van der Waals surface area (Å²) in [6, 6.07) is 5.62. The summed E-state index contributed by atoms with van der Waals surface area (Å²) in [6.07, 6.45) is 14.5. The highest BCUT2D eigenvalue weighted by molar-refractivity contribution is 5.97. The molecule has 0 atom stereocenters. The average molecular weight is 397 g/mol. The fraction of sp³-hybridized carbons (Fsp3) is 0.542. The van der Waals surface area contributed by atoms with E-state index in [1.54, 1.807) is 7.11 Å². The van der Waals surface area contributed by atoms with Crippen LogP contribution in [-0.4, -0.2) is 50.2 Å². The molecule has 3 aliphatic rings. The molecule has 2 heterocycles. The zero-order chi connectivity index (χ0) is 20.1. The summed E-state index contributed by atoms with van der Waals surface area (Å²) in [6.45, 7) is 3.58. The summed E-state index contributed by atoms with van der Waals surface area (Å²) in [5.74, 6) is 2.60. The Kier molecular flexibility index (Phi) is 6.55. The van der Waals surface area contributed by atoms with E-state index in [2.05, 4.69) is 29.6 Å². The number of methoxy groups -OCH3 is 1.